The average Bonchev–Trinajstić information content (AvgIpc) is 3.40. The van der Waals surface area contributed by atoms with E-state index in [-0.39, 0.29) is 4.90 Å². The molecule has 1 aromatic heterocycles. The summed E-state index contributed by atoms with van der Waals surface area (Å²) in [5.74, 6) is 0.973. The third-order valence-corrected chi connectivity index (χ3v) is 7.67. The Hall–Kier alpha value is -1.87. The Morgan fingerprint density at radius 2 is 1.75 bits per heavy atom. The minimum atomic E-state index is -3.43. The number of benzene rings is 2. The maximum absolute atomic E-state index is 12.6. The van der Waals surface area contributed by atoms with Crippen molar-refractivity contribution in [2.75, 3.05) is 13.1 Å². The van der Waals surface area contributed by atoms with Crippen LogP contribution in [0.25, 0.3) is 11.5 Å². The van der Waals surface area contributed by atoms with Gasteiger partial charge in [-0.1, -0.05) is 41.6 Å². The maximum atomic E-state index is 12.6. The normalized spacial score (nSPS) is 15.2. The first-order valence-electron chi connectivity index (χ1n) is 8.84. The van der Waals surface area contributed by atoms with Crippen molar-refractivity contribution in [3.63, 3.8) is 0 Å². The Morgan fingerprint density at radius 3 is 2.46 bits per heavy atom. The molecule has 2 aromatic carbocycles. The van der Waals surface area contributed by atoms with Gasteiger partial charge in [-0.05, 0) is 48.7 Å². The van der Waals surface area contributed by atoms with Crippen LogP contribution in [0.2, 0.25) is 5.02 Å². The number of rotatable bonds is 6. The van der Waals surface area contributed by atoms with Crippen molar-refractivity contribution in [3.8, 4) is 11.5 Å². The van der Waals surface area contributed by atoms with Crippen LogP contribution in [0.5, 0.6) is 0 Å². The van der Waals surface area contributed by atoms with Gasteiger partial charge in [-0.3, -0.25) is 0 Å². The Bertz CT molecular complexity index is 1060. The van der Waals surface area contributed by atoms with Crippen molar-refractivity contribution in [3.05, 3.63) is 59.1 Å². The van der Waals surface area contributed by atoms with Gasteiger partial charge in [-0.2, -0.15) is 4.31 Å². The van der Waals surface area contributed by atoms with E-state index in [0.717, 1.165) is 18.4 Å². The van der Waals surface area contributed by atoms with E-state index in [1.54, 1.807) is 24.3 Å². The highest BCUT2D eigenvalue weighted by Crippen LogP contribution is 2.29. The minimum Gasteiger partial charge on any atom is -0.411 e. The fourth-order valence-corrected chi connectivity index (χ4v) is 5.55. The van der Waals surface area contributed by atoms with Crippen LogP contribution >= 0.6 is 23.4 Å². The predicted octanol–water partition coefficient (Wildman–Crippen LogP) is 4.47. The molecule has 0 amide bonds. The molecule has 1 fully saturated rings. The van der Waals surface area contributed by atoms with E-state index in [4.69, 9.17) is 16.0 Å². The van der Waals surface area contributed by atoms with E-state index < -0.39 is 10.0 Å². The lowest BCUT2D eigenvalue weighted by molar-refractivity contribution is 0.465. The number of nitrogens with zero attached hydrogens (tertiary/aromatic N) is 3. The van der Waals surface area contributed by atoms with Gasteiger partial charge in [0.2, 0.25) is 15.9 Å². The molecule has 1 saturated heterocycles. The summed E-state index contributed by atoms with van der Waals surface area (Å²) in [6.07, 6.45) is 1.82. The van der Waals surface area contributed by atoms with Gasteiger partial charge in [-0.15, -0.1) is 10.2 Å². The van der Waals surface area contributed by atoms with Crippen molar-refractivity contribution in [1.82, 2.24) is 14.5 Å². The number of thioether (sulfide) groups is 1. The molecule has 0 saturated carbocycles. The molecule has 0 unspecified atom stereocenters. The Balaban J connectivity index is 1.46. The molecular weight excluding hydrogens is 418 g/mol. The van der Waals surface area contributed by atoms with Crippen LogP contribution in [0.15, 0.2) is 63.1 Å². The topological polar surface area (TPSA) is 76.3 Å². The van der Waals surface area contributed by atoms with Crippen molar-refractivity contribution in [2.45, 2.75) is 28.7 Å². The number of halogens is 1. The first-order valence-corrected chi connectivity index (χ1v) is 11.6. The van der Waals surface area contributed by atoms with Crippen LogP contribution in [-0.2, 0) is 15.8 Å². The van der Waals surface area contributed by atoms with Gasteiger partial charge >= 0.3 is 0 Å². The number of sulfonamides is 1. The van der Waals surface area contributed by atoms with E-state index in [2.05, 4.69) is 10.2 Å². The zero-order valence-corrected chi connectivity index (χ0v) is 17.3. The van der Waals surface area contributed by atoms with Crippen LogP contribution < -0.4 is 0 Å². The minimum absolute atomic E-state index is 0.283. The monoisotopic (exact) mass is 435 g/mol. The summed E-state index contributed by atoms with van der Waals surface area (Å²) in [4.78, 5) is 0.283. The van der Waals surface area contributed by atoms with Crippen LogP contribution in [0.3, 0.4) is 0 Å². The summed E-state index contributed by atoms with van der Waals surface area (Å²) in [6.45, 7) is 1.17. The zero-order valence-electron chi connectivity index (χ0n) is 14.9. The molecule has 6 nitrogen and oxygen atoms in total. The highest BCUT2D eigenvalue weighted by molar-refractivity contribution is 7.98. The molecule has 0 atom stereocenters. The summed E-state index contributed by atoms with van der Waals surface area (Å²) >= 11 is 7.56. The number of aromatic nitrogens is 2. The molecule has 2 heterocycles. The molecule has 0 radical (unpaired) electrons. The van der Waals surface area contributed by atoms with Gasteiger partial charge in [0, 0.05) is 29.4 Å². The summed E-state index contributed by atoms with van der Waals surface area (Å²) in [7, 11) is -3.43. The molecule has 28 heavy (non-hydrogen) atoms. The summed E-state index contributed by atoms with van der Waals surface area (Å²) in [5, 5.41) is 9.24. The van der Waals surface area contributed by atoms with Crippen LogP contribution in [0.1, 0.15) is 18.4 Å². The highest BCUT2D eigenvalue weighted by Gasteiger charge is 2.27. The zero-order chi connectivity index (χ0) is 19.6. The standard InChI is InChI=1S/C19H18ClN3O3S2/c20-17-6-2-1-5-15(17)13-27-19-22-21-18(26-19)14-7-9-16(10-8-14)28(24,25)23-11-3-4-12-23/h1-2,5-10H,3-4,11-13H2. The number of hydrogen-bond acceptors (Lipinski definition) is 6. The first kappa shape index (κ1) is 19.4. The smallest absolute Gasteiger partial charge is 0.277 e. The van der Waals surface area contributed by atoms with Crippen LogP contribution in [0, 0.1) is 0 Å². The molecular formula is C19H18ClN3O3S2. The Labute approximate surface area is 173 Å². The summed E-state index contributed by atoms with van der Waals surface area (Å²) in [6, 6.07) is 14.2. The Morgan fingerprint density at radius 1 is 1.04 bits per heavy atom. The fraction of sp³-hybridized carbons (Fsp3) is 0.263. The molecule has 0 aliphatic carbocycles. The molecule has 0 spiro atoms. The Kier molecular flexibility index (Phi) is 5.73. The lowest BCUT2D eigenvalue weighted by Crippen LogP contribution is -2.27. The molecule has 9 heteroatoms. The third kappa shape index (κ3) is 4.10. The van der Waals surface area contributed by atoms with Crippen LogP contribution in [-0.4, -0.2) is 36.0 Å². The van der Waals surface area contributed by atoms with E-state index in [9.17, 15) is 8.42 Å². The van der Waals surface area contributed by atoms with Gasteiger partial charge in [0.1, 0.15) is 0 Å². The third-order valence-electron chi connectivity index (χ3n) is 4.52. The lowest BCUT2D eigenvalue weighted by atomic mass is 10.2. The highest BCUT2D eigenvalue weighted by atomic mass is 35.5. The second kappa shape index (κ2) is 8.24. The quantitative estimate of drug-likeness (QED) is 0.532. The molecule has 146 valence electrons. The van der Waals surface area contributed by atoms with Gasteiger partial charge in [0.15, 0.2) is 0 Å². The van der Waals surface area contributed by atoms with E-state index in [1.807, 2.05) is 24.3 Å². The van der Waals surface area contributed by atoms with Crippen molar-refractivity contribution in [1.29, 1.82) is 0 Å². The van der Waals surface area contributed by atoms with E-state index in [1.165, 1.54) is 16.1 Å². The van der Waals surface area contributed by atoms with Crippen molar-refractivity contribution in [2.24, 2.45) is 0 Å². The van der Waals surface area contributed by atoms with Gasteiger partial charge < -0.3 is 4.42 Å². The fourth-order valence-electron chi connectivity index (χ4n) is 2.99. The molecule has 1 aliphatic rings. The SMILES string of the molecule is O=S(=O)(c1ccc(-c2nnc(SCc3ccccc3Cl)o2)cc1)N1CCCC1. The van der Waals surface area contributed by atoms with E-state index in [0.29, 0.717) is 40.5 Å². The number of hydrogen-bond donors (Lipinski definition) is 0. The molecule has 4 rings (SSSR count). The second-order valence-corrected chi connectivity index (χ2v) is 9.66. The molecule has 0 bridgehead atoms. The lowest BCUT2D eigenvalue weighted by Gasteiger charge is -2.15. The maximum Gasteiger partial charge on any atom is 0.277 e. The van der Waals surface area contributed by atoms with Gasteiger partial charge in [0.25, 0.3) is 5.22 Å². The van der Waals surface area contributed by atoms with Gasteiger partial charge in [-0.25, -0.2) is 8.42 Å². The van der Waals surface area contributed by atoms with E-state index >= 15 is 0 Å². The molecule has 3 aromatic rings. The van der Waals surface area contributed by atoms with Gasteiger partial charge in [0.05, 0.1) is 4.90 Å². The molecule has 1 aliphatic heterocycles. The first-order chi connectivity index (χ1) is 13.5. The van der Waals surface area contributed by atoms with Crippen molar-refractivity contribution < 1.29 is 12.8 Å². The summed E-state index contributed by atoms with van der Waals surface area (Å²) < 4.78 is 32.4. The average molecular weight is 436 g/mol. The largest absolute Gasteiger partial charge is 0.411 e. The predicted molar refractivity (Wildman–Crippen MR) is 109 cm³/mol. The second-order valence-electron chi connectivity index (χ2n) is 6.39. The summed E-state index contributed by atoms with van der Waals surface area (Å²) in [5.41, 5.74) is 1.67. The van der Waals surface area contributed by atoms with Crippen molar-refractivity contribution >= 4 is 33.4 Å². The molecule has 0 N–H and O–H groups in total. The van der Waals surface area contributed by atoms with Crippen LogP contribution in [0.4, 0.5) is 0 Å².